The van der Waals surface area contributed by atoms with Crippen LogP contribution in [0.25, 0.3) is 0 Å². The van der Waals surface area contributed by atoms with Crippen LogP contribution in [0.4, 0.5) is 5.82 Å². The van der Waals surface area contributed by atoms with Gasteiger partial charge in [-0.15, -0.1) is 0 Å². The number of hydrogen-bond acceptors (Lipinski definition) is 5. The van der Waals surface area contributed by atoms with Gasteiger partial charge in [0.15, 0.2) is 5.11 Å². The van der Waals surface area contributed by atoms with Crippen LogP contribution in [0.1, 0.15) is 0 Å². The molecule has 11 heteroatoms. The number of thiocarbonyl (C=S) groups is 1. The number of carbonyl (C=O) groups excluding carboxylic acids is 1. The molecular formula is C16H21Cl3N6OS. The number of piperazine rings is 1. The highest BCUT2D eigenvalue weighted by molar-refractivity contribution is 7.80. The van der Waals surface area contributed by atoms with Crippen molar-refractivity contribution < 1.29 is 4.79 Å². The van der Waals surface area contributed by atoms with Gasteiger partial charge >= 0.3 is 0 Å². The number of nitrogens with one attached hydrogen (secondary N) is 3. The molecule has 2 heterocycles. The molecular weight excluding hydrogens is 431 g/mol. The largest absolute Gasteiger partial charge is 0.375 e. The lowest BCUT2D eigenvalue weighted by Gasteiger charge is -2.31. The second kappa shape index (κ2) is 10.3. The second-order valence-corrected chi connectivity index (χ2v) is 8.73. The zero-order valence-electron chi connectivity index (χ0n) is 14.7. The molecule has 2 rings (SSSR count). The summed E-state index contributed by atoms with van der Waals surface area (Å²) in [6, 6.07) is 5.31. The molecule has 0 aromatic carbocycles. The van der Waals surface area contributed by atoms with Crippen molar-refractivity contribution >= 4 is 63.9 Å². The summed E-state index contributed by atoms with van der Waals surface area (Å²) in [7, 11) is 2.06. The molecule has 1 atom stereocenters. The summed E-state index contributed by atoms with van der Waals surface area (Å²) in [5.41, 5.74) is 0. The van der Waals surface area contributed by atoms with Crippen molar-refractivity contribution in [1.82, 2.24) is 25.4 Å². The van der Waals surface area contributed by atoms with Crippen molar-refractivity contribution in [3.63, 3.8) is 0 Å². The zero-order valence-corrected chi connectivity index (χ0v) is 17.7. The van der Waals surface area contributed by atoms with Gasteiger partial charge in [-0.05, 0) is 31.4 Å². The normalized spacial score (nSPS) is 16.8. The molecule has 1 amide bonds. The maximum atomic E-state index is 12.2. The fourth-order valence-corrected chi connectivity index (χ4v) is 2.80. The van der Waals surface area contributed by atoms with Crippen LogP contribution in [-0.2, 0) is 4.79 Å². The van der Waals surface area contributed by atoms with Gasteiger partial charge in [0.1, 0.15) is 12.0 Å². The Labute approximate surface area is 179 Å². The Morgan fingerprint density at radius 3 is 2.56 bits per heavy atom. The van der Waals surface area contributed by atoms with Gasteiger partial charge < -0.3 is 25.8 Å². The van der Waals surface area contributed by atoms with Gasteiger partial charge in [-0.1, -0.05) is 40.9 Å². The lowest BCUT2D eigenvalue weighted by atomic mass is 10.3. The van der Waals surface area contributed by atoms with Crippen molar-refractivity contribution in [2.45, 2.75) is 9.96 Å². The van der Waals surface area contributed by atoms with Gasteiger partial charge in [0.25, 0.3) is 0 Å². The van der Waals surface area contributed by atoms with E-state index >= 15 is 0 Å². The number of pyridine rings is 1. The van der Waals surface area contributed by atoms with Crippen molar-refractivity contribution in [1.29, 1.82) is 0 Å². The molecule has 0 saturated carbocycles. The molecule has 0 aliphatic carbocycles. The average Bonchev–Trinajstić information content (AvgIpc) is 2.61. The third kappa shape index (κ3) is 8.06. The maximum absolute atomic E-state index is 12.2. The molecule has 1 aliphatic heterocycles. The van der Waals surface area contributed by atoms with Crippen molar-refractivity contribution in [2.24, 2.45) is 0 Å². The van der Waals surface area contributed by atoms with Crippen LogP contribution in [0.5, 0.6) is 0 Å². The number of likely N-dealkylation sites (N-methyl/N-ethyl adjacent to an activating group) is 1. The van der Waals surface area contributed by atoms with Crippen LogP contribution >= 0.6 is 47.0 Å². The maximum Gasteiger partial charge on any atom is 0.247 e. The van der Waals surface area contributed by atoms with E-state index in [1.807, 2.05) is 0 Å². The van der Waals surface area contributed by atoms with E-state index in [0.29, 0.717) is 5.82 Å². The van der Waals surface area contributed by atoms with Crippen molar-refractivity contribution in [3.05, 3.63) is 36.7 Å². The molecule has 1 unspecified atom stereocenters. The predicted molar refractivity (Wildman–Crippen MR) is 114 cm³/mol. The van der Waals surface area contributed by atoms with Gasteiger partial charge in [-0.2, -0.15) is 0 Å². The Balaban J connectivity index is 1.89. The van der Waals surface area contributed by atoms with E-state index in [0.717, 1.165) is 26.2 Å². The van der Waals surface area contributed by atoms with Crippen molar-refractivity contribution in [3.8, 4) is 0 Å². The number of carbonyl (C=O) groups is 1. The minimum absolute atomic E-state index is 0.161. The van der Waals surface area contributed by atoms with Gasteiger partial charge in [-0.25, -0.2) is 4.98 Å². The first-order chi connectivity index (χ1) is 12.7. The van der Waals surface area contributed by atoms with Crippen LogP contribution in [0.2, 0.25) is 0 Å². The van der Waals surface area contributed by atoms with Gasteiger partial charge in [-0.3, -0.25) is 4.79 Å². The number of halogens is 3. The lowest BCUT2D eigenvalue weighted by molar-refractivity contribution is -0.117. The third-order valence-electron chi connectivity index (χ3n) is 3.77. The first-order valence-electron chi connectivity index (χ1n) is 8.20. The summed E-state index contributed by atoms with van der Waals surface area (Å²) < 4.78 is -1.81. The summed E-state index contributed by atoms with van der Waals surface area (Å²) in [6.07, 6.45) is 3.73. The standard InChI is InChI=1S/C16H21Cl3N6OS/c1-24-8-10-25(11-9-24)7-5-13(26)22-14(16(17,18)19)23-15(27)21-12-4-2-3-6-20-12/h2-7,14H,8-11H2,1H3,(H,22,26)(H2,20,21,23,27)/b7-5+. The van der Waals surface area contributed by atoms with Gasteiger partial charge in [0.2, 0.25) is 9.70 Å². The summed E-state index contributed by atoms with van der Waals surface area (Å²) in [6.45, 7) is 3.59. The zero-order chi connectivity index (χ0) is 19.9. The lowest BCUT2D eigenvalue weighted by Crippen LogP contribution is -2.56. The first kappa shape index (κ1) is 22.0. The number of aromatic nitrogens is 1. The molecule has 0 spiro atoms. The fraction of sp³-hybridized carbons (Fsp3) is 0.438. The highest BCUT2D eigenvalue weighted by Gasteiger charge is 2.34. The van der Waals surface area contributed by atoms with Gasteiger partial charge in [0, 0.05) is 44.7 Å². The molecule has 1 aromatic rings. The minimum Gasteiger partial charge on any atom is -0.375 e. The van der Waals surface area contributed by atoms with E-state index in [4.69, 9.17) is 47.0 Å². The summed E-state index contributed by atoms with van der Waals surface area (Å²) in [4.78, 5) is 20.6. The fourth-order valence-electron chi connectivity index (χ4n) is 2.25. The summed E-state index contributed by atoms with van der Waals surface area (Å²) >= 11 is 23.1. The molecule has 3 N–H and O–H groups in total. The number of hydrogen-bond donors (Lipinski definition) is 3. The van der Waals surface area contributed by atoms with Gasteiger partial charge in [0.05, 0.1) is 0 Å². The summed E-state index contributed by atoms with van der Waals surface area (Å²) in [5.74, 6) is 0.123. The topological polar surface area (TPSA) is 72.5 Å². The average molecular weight is 452 g/mol. The smallest absolute Gasteiger partial charge is 0.247 e. The van der Waals surface area contributed by atoms with Crippen LogP contribution in [0.3, 0.4) is 0 Å². The monoisotopic (exact) mass is 450 g/mol. The van der Waals surface area contributed by atoms with Crippen molar-refractivity contribution in [2.75, 3.05) is 38.5 Å². The number of rotatable bonds is 5. The van der Waals surface area contributed by atoms with Crippen LogP contribution < -0.4 is 16.0 Å². The van der Waals surface area contributed by atoms with E-state index < -0.39 is 15.9 Å². The molecule has 1 aromatic heterocycles. The van der Waals surface area contributed by atoms with E-state index in [-0.39, 0.29) is 5.11 Å². The number of alkyl halides is 3. The molecule has 27 heavy (non-hydrogen) atoms. The molecule has 1 saturated heterocycles. The van der Waals surface area contributed by atoms with Crippen LogP contribution in [-0.4, -0.2) is 69.0 Å². The number of amides is 1. The molecule has 7 nitrogen and oxygen atoms in total. The Morgan fingerprint density at radius 2 is 1.96 bits per heavy atom. The number of nitrogens with zero attached hydrogens (tertiary/aromatic N) is 3. The Hall–Kier alpha value is -1.32. The Bertz CT molecular complexity index is 662. The highest BCUT2D eigenvalue weighted by atomic mass is 35.6. The second-order valence-electron chi connectivity index (χ2n) is 5.95. The SMILES string of the molecule is CN1CCN(/C=C/C(=O)NC(NC(=S)Nc2ccccn2)C(Cl)(Cl)Cl)CC1. The molecule has 0 bridgehead atoms. The molecule has 1 fully saturated rings. The first-order valence-corrected chi connectivity index (χ1v) is 9.75. The quantitative estimate of drug-likeness (QED) is 0.273. The predicted octanol–water partition coefficient (Wildman–Crippen LogP) is 1.94. The minimum atomic E-state index is -1.81. The highest BCUT2D eigenvalue weighted by Crippen LogP contribution is 2.29. The Kier molecular flexibility index (Phi) is 8.37. The van der Waals surface area contributed by atoms with E-state index in [2.05, 4.69) is 37.8 Å². The molecule has 148 valence electrons. The summed E-state index contributed by atoms with van der Waals surface area (Å²) in [5, 5.41) is 8.40. The van der Waals surface area contributed by atoms with Crippen LogP contribution in [0, 0.1) is 0 Å². The van der Waals surface area contributed by atoms with Crippen LogP contribution in [0.15, 0.2) is 36.7 Å². The van der Waals surface area contributed by atoms with E-state index in [9.17, 15) is 4.79 Å². The number of anilines is 1. The van der Waals surface area contributed by atoms with E-state index in [1.165, 1.54) is 6.08 Å². The molecule has 1 aliphatic rings. The van der Waals surface area contributed by atoms with E-state index in [1.54, 1.807) is 30.6 Å². The third-order valence-corrected chi connectivity index (χ3v) is 4.65. The molecule has 0 radical (unpaired) electrons. The Morgan fingerprint density at radius 1 is 1.26 bits per heavy atom.